The Kier molecular flexibility index (Phi) is 5.95. The van der Waals surface area contributed by atoms with E-state index in [4.69, 9.17) is 15.9 Å². The number of hydrogen-bond donors (Lipinski definition) is 0. The average molecular weight is 392 g/mol. The van der Waals surface area contributed by atoms with Crippen LogP contribution in [0.5, 0.6) is 0 Å². The Hall–Kier alpha value is 0.180. The first-order valence-corrected chi connectivity index (χ1v) is 8.69. The van der Waals surface area contributed by atoms with Gasteiger partial charge in [0.05, 0.1) is 24.4 Å². The molecule has 0 spiro atoms. The van der Waals surface area contributed by atoms with E-state index in [1.54, 1.807) is 6.08 Å². The van der Waals surface area contributed by atoms with E-state index in [-0.39, 0.29) is 18.3 Å². The Morgan fingerprint density at radius 2 is 1.74 bits per heavy atom. The van der Waals surface area contributed by atoms with Crippen LogP contribution in [0.2, 0.25) is 0 Å². The minimum absolute atomic E-state index is 0.199. The highest BCUT2D eigenvalue weighted by molar-refractivity contribution is 9.09. The minimum atomic E-state index is 0.199. The zero-order valence-electron chi connectivity index (χ0n) is 11.1. The molecule has 0 aliphatic carbocycles. The molecule has 0 bridgehead atoms. The van der Waals surface area contributed by atoms with E-state index >= 15 is 0 Å². The molecule has 0 N–H and O–H groups in total. The normalized spacial score (nSPS) is 42.8. The quantitative estimate of drug-likeness (QED) is 0.535. The smallest absolute Gasteiger partial charge is 0.0853 e. The van der Waals surface area contributed by atoms with E-state index < -0.39 is 0 Å². The predicted octanol–water partition coefficient (Wildman–Crippen LogP) is 3.82. The number of allylic oxidation sites excluding steroid dienone is 1. The summed E-state index contributed by atoms with van der Waals surface area (Å²) in [5, 5.41) is 0. The number of rotatable bonds is 4. The lowest BCUT2D eigenvalue weighted by Gasteiger charge is -2.19. The van der Waals surface area contributed by atoms with Gasteiger partial charge < -0.3 is 9.47 Å². The van der Waals surface area contributed by atoms with Crippen molar-refractivity contribution in [2.45, 2.75) is 66.7 Å². The highest BCUT2D eigenvalue weighted by Gasteiger charge is 2.43. The van der Waals surface area contributed by atoms with Crippen molar-refractivity contribution >= 4 is 31.9 Å². The number of hydrogen-bond acceptors (Lipinski definition) is 2. The van der Waals surface area contributed by atoms with Gasteiger partial charge in [-0.3, -0.25) is 0 Å². The van der Waals surface area contributed by atoms with Crippen molar-refractivity contribution in [1.29, 1.82) is 0 Å². The van der Waals surface area contributed by atoms with Gasteiger partial charge in [0.25, 0.3) is 0 Å². The van der Waals surface area contributed by atoms with Crippen LogP contribution in [0.4, 0.5) is 0 Å². The first-order chi connectivity index (χ1) is 9.15. The molecule has 2 aliphatic heterocycles. The average Bonchev–Trinajstić information content (AvgIpc) is 2.93. The van der Waals surface area contributed by atoms with Crippen LogP contribution in [0.3, 0.4) is 0 Å². The summed E-state index contributed by atoms with van der Waals surface area (Å²) in [4.78, 5) is 0.846. The second-order valence-electron chi connectivity index (χ2n) is 5.14. The summed E-state index contributed by atoms with van der Waals surface area (Å²) in [6, 6.07) is 0. The summed E-state index contributed by atoms with van der Waals surface area (Å²) in [5.74, 6) is 2.51. The summed E-state index contributed by atoms with van der Waals surface area (Å²) in [5.41, 5.74) is 0. The van der Waals surface area contributed by atoms with Gasteiger partial charge in [0.15, 0.2) is 0 Å². The van der Waals surface area contributed by atoms with Gasteiger partial charge in [-0.05, 0) is 31.8 Å². The molecule has 19 heavy (non-hydrogen) atoms. The van der Waals surface area contributed by atoms with Crippen molar-refractivity contribution < 1.29 is 9.47 Å². The lowest BCUT2D eigenvalue weighted by molar-refractivity contribution is -0.0640. The van der Waals surface area contributed by atoms with Gasteiger partial charge in [0.1, 0.15) is 0 Å². The number of ether oxygens (including phenoxy) is 2. The monoisotopic (exact) mass is 390 g/mol. The van der Waals surface area contributed by atoms with Crippen molar-refractivity contribution in [3.8, 4) is 12.3 Å². The van der Waals surface area contributed by atoms with Gasteiger partial charge in [-0.25, -0.2) is 0 Å². The highest BCUT2D eigenvalue weighted by atomic mass is 79.9. The maximum absolute atomic E-state index is 6.13. The topological polar surface area (TPSA) is 18.5 Å². The van der Waals surface area contributed by atoms with Gasteiger partial charge in [-0.1, -0.05) is 50.8 Å². The zero-order chi connectivity index (χ0) is 13.8. The molecule has 2 rings (SSSR count). The van der Waals surface area contributed by atoms with Gasteiger partial charge >= 0.3 is 0 Å². The Bertz CT molecular complexity index is 364. The van der Waals surface area contributed by atoms with Gasteiger partial charge in [0.2, 0.25) is 0 Å². The summed E-state index contributed by atoms with van der Waals surface area (Å²) in [7, 11) is 0. The lowest BCUT2D eigenvalue weighted by Crippen LogP contribution is -2.26. The van der Waals surface area contributed by atoms with Crippen LogP contribution in [0, 0.1) is 12.3 Å². The van der Waals surface area contributed by atoms with E-state index in [9.17, 15) is 0 Å². The highest BCUT2D eigenvalue weighted by Crippen LogP contribution is 2.38. The van der Waals surface area contributed by atoms with Crippen LogP contribution in [0.1, 0.15) is 32.6 Å². The SMILES string of the molecule is C#C/C=C\CC1OC(C2CC(Br)C(CC)O2)CC1Br. The zero-order valence-corrected chi connectivity index (χ0v) is 14.3. The molecular weight excluding hydrogens is 372 g/mol. The molecule has 0 saturated carbocycles. The third-order valence-electron chi connectivity index (χ3n) is 3.82. The van der Waals surface area contributed by atoms with Crippen molar-refractivity contribution in [1.82, 2.24) is 0 Å². The van der Waals surface area contributed by atoms with Crippen LogP contribution in [-0.4, -0.2) is 34.1 Å². The van der Waals surface area contributed by atoms with Crippen LogP contribution >= 0.6 is 31.9 Å². The Balaban J connectivity index is 1.87. The van der Waals surface area contributed by atoms with Gasteiger partial charge in [0, 0.05) is 9.65 Å². The van der Waals surface area contributed by atoms with Crippen molar-refractivity contribution in [2.24, 2.45) is 0 Å². The fourth-order valence-corrected chi connectivity index (χ4v) is 4.36. The molecule has 2 aliphatic rings. The molecule has 0 aromatic carbocycles. The number of alkyl halides is 2. The molecule has 6 atom stereocenters. The van der Waals surface area contributed by atoms with E-state index in [0.717, 1.165) is 25.7 Å². The molecule has 6 unspecified atom stereocenters. The van der Waals surface area contributed by atoms with Crippen LogP contribution in [-0.2, 0) is 9.47 Å². The summed E-state index contributed by atoms with van der Waals surface area (Å²) in [6.45, 7) is 2.16. The van der Waals surface area contributed by atoms with Crippen molar-refractivity contribution in [3.63, 3.8) is 0 Å². The Morgan fingerprint density at radius 3 is 2.26 bits per heavy atom. The van der Waals surface area contributed by atoms with Gasteiger partial charge in [-0.2, -0.15) is 0 Å². The number of halogens is 2. The van der Waals surface area contributed by atoms with Crippen LogP contribution in [0.15, 0.2) is 12.2 Å². The number of terminal acetylenes is 1. The standard InChI is InChI=1S/C15H20Br2O2/c1-3-5-6-7-13-11(17)9-15(19-13)14-8-10(16)12(4-2)18-14/h1,5-6,10-15H,4,7-9H2,2H3/b6-5-. The van der Waals surface area contributed by atoms with Crippen LogP contribution in [0.25, 0.3) is 0 Å². The Labute approximate surface area is 132 Å². The molecule has 2 saturated heterocycles. The van der Waals surface area contributed by atoms with Gasteiger partial charge in [-0.15, -0.1) is 6.42 Å². The maximum Gasteiger partial charge on any atom is 0.0853 e. The van der Waals surface area contributed by atoms with Crippen LogP contribution < -0.4 is 0 Å². The third kappa shape index (κ3) is 3.85. The summed E-state index contributed by atoms with van der Waals surface area (Å²) in [6.07, 6.45) is 13.8. The maximum atomic E-state index is 6.13. The van der Waals surface area contributed by atoms with E-state index in [1.807, 2.05) is 6.08 Å². The molecule has 0 amide bonds. The third-order valence-corrected chi connectivity index (χ3v) is 5.75. The fourth-order valence-electron chi connectivity index (χ4n) is 2.78. The minimum Gasteiger partial charge on any atom is -0.371 e. The molecule has 2 heterocycles. The second-order valence-corrected chi connectivity index (χ2v) is 7.49. The second kappa shape index (κ2) is 7.26. The first kappa shape index (κ1) is 15.6. The largest absolute Gasteiger partial charge is 0.371 e. The molecule has 2 nitrogen and oxygen atoms in total. The molecule has 4 heteroatoms. The Morgan fingerprint density at radius 1 is 1.16 bits per heavy atom. The first-order valence-electron chi connectivity index (χ1n) is 6.85. The van der Waals surface area contributed by atoms with E-state index in [0.29, 0.717) is 15.8 Å². The van der Waals surface area contributed by atoms with Crippen molar-refractivity contribution in [3.05, 3.63) is 12.2 Å². The fraction of sp³-hybridized carbons (Fsp3) is 0.733. The van der Waals surface area contributed by atoms with E-state index in [1.165, 1.54) is 0 Å². The van der Waals surface area contributed by atoms with E-state index in [2.05, 4.69) is 44.7 Å². The summed E-state index contributed by atoms with van der Waals surface area (Å²) < 4.78 is 12.2. The molecular formula is C15H20Br2O2. The summed E-state index contributed by atoms with van der Waals surface area (Å²) >= 11 is 7.42. The molecule has 0 aromatic heterocycles. The van der Waals surface area contributed by atoms with Crippen molar-refractivity contribution in [2.75, 3.05) is 0 Å². The molecule has 0 radical (unpaired) electrons. The molecule has 2 fully saturated rings. The molecule has 0 aromatic rings. The molecule has 106 valence electrons. The lowest BCUT2D eigenvalue weighted by atomic mass is 10.1. The predicted molar refractivity (Wildman–Crippen MR) is 84.9 cm³/mol.